The van der Waals surface area contributed by atoms with Crippen LogP contribution in [0.1, 0.15) is 33.6 Å². The summed E-state index contributed by atoms with van der Waals surface area (Å²) >= 11 is 0. The van der Waals surface area contributed by atoms with Crippen molar-refractivity contribution in [1.82, 2.24) is 0 Å². The number of carbonyl (C=O) groups excluding carboxylic acids is 3. The number of ether oxygens (including phenoxy) is 3. The molecule has 0 amide bonds. The van der Waals surface area contributed by atoms with Crippen LogP contribution in [-0.2, 0) is 28.6 Å². The Morgan fingerprint density at radius 1 is 1.32 bits per heavy atom. The molecule has 0 radical (unpaired) electrons. The fourth-order valence-corrected chi connectivity index (χ4v) is 4.12. The van der Waals surface area contributed by atoms with E-state index in [2.05, 4.69) is 0 Å². The number of fused-ring (bicyclic) bond motifs is 1. The van der Waals surface area contributed by atoms with E-state index in [1.165, 1.54) is 0 Å². The molecule has 0 spiro atoms. The van der Waals surface area contributed by atoms with Crippen molar-refractivity contribution in [3.63, 3.8) is 0 Å². The first-order valence-corrected chi connectivity index (χ1v) is 8.07. The second-order valence-corrected chi connectivity index (χ2v) is 6.48. The molecule has 0 N–H and O–H groups in total. The minimum Gasteiger partial charge on any atom is -0.466 e. The third-order valence-corrected chi connectivity index (χ3v) is 5.37. The molecule has 2 aliphatic carbocycles. The van der Waals surface area contributed by atoms with Gasteiger partial charge in [-0.1, -0.05) is 13.8 Å². The van der Waals surface area contributed by atoms with Crippen molar-refractivity contribution < 1.29 is 28.6 Å². The van der Waals surface area contributed by atoms with Crippen LogP contribution in [0.5, 0.6) is 0 Å². The van der Waals surface area contributed by atoms with Crippen LogP contribution in [0.4, 0.5) is 0 Å². The first-order chi connectivity index (χ1) is 10.5. The monoisotopic (exact) mass is 310 g/mol. The summed E-state index contributed by atoms with van der Waals surface area (Å²) in [6.45, 7) is 5.73. The Bertz CT molecular complexity index is 501. The second kappa shape index (κ2) is 5.56. The van der Waals surface area contributed by atoms with E-state index < -0.39 is 17.9 Å². The largest absolute Gasteiger partial charge is 0.466 e. The summed E-state index contributed by atoms with van der Waals surface area (Å²) in [6, 6.07) is 0. The number of esters is 3. The van der Waals surface area contributed by atoms with Gasteiger partial charge in [0.05, 0.1) is 24.4 Å². The molecule has 3 fully saturated rings. The quantitative estimate of drug-likeness (QED) is 0.563. The van der Waals surface area contributed by atoms with Gasteiger partial charge in [0, 0.05) is 11.8 Å². The number of rotatable bonds is 5. The van der Waals surface area contributed by atoms with Gasteiger partial charge < -0.3 is 14.2 Å². The lowest BCUT2D eigenvalue weighted by Gasteiger charge is -2.30. The molecule has 3 rings (SSSR count). The van der Waals surface area contributed by atoms with Gasteiger partial charge in [0.25, 0.3) is 0 Å². The summed E-state index contributed by atoms with van der Waals surface area (Å²) in [7, 11) is 0. The second-order valence-electron chi connectivity index (χ2n) is 6.48. The molecule has 1 aliphatic heterocycles. The average Bonchev–Trinajstić information content (AvgIpc) is 3.09. The molecule has 122 valence electrons. The zero-order valence-electron chi connectivity index (χ0n) is 13.1. The van der Waals surface area contributed by atoms with Crippen LogP contribution in [0.3, 0.4) is 0 Å². The van der Waals surface area contributed by atoms with E-state index in [0.717, 1.165) is 0 Å². The van der Waals surface area contributed by atoms with Gasteiger partial charge in [0.15, 0.2) is 0 Å². The zero-order chi connectivity index (χ0) is 16.0. The van der Waals surface area contributed by atoms with Crippen LogP contribution in [0.15, 0.2) is 0 Å². The van der Waals surface area contributed by atoms with Crippen LogP contribution in [0.25, 0.3) is 0 Å². The highest BCUT2D eigenvalue weighted by atomic mass is 16.6. The van der Waals surface area contributed by atoms with Crippen LogP contribution in [0, 0.1) is 29.6 Å². The maximum atomic E-state index is 12.2. The topological polar surface area (TPSA) is 78.9 Å². The highest BCUT2D eigenvalue weighted by Crippen LogP contribution is 2.59. The Kier molecular flexibility index (Phi) is 3.87. The molecule has 3 aliphatic rings. The summed E-state index contributed by atoms with van der Waals surface area (Å²) < 4.78 is 16.1. The van der Waals surface area contributed by atoms with Crippen molar-refractivity contribution in [3.05, 3.63) is 0 Å². The minimum absolute atomic E-state index is 0.0263. The molecule has 1 saturated heterocycles. The average molecular weight is 310 g/mol. The molecular weight excluding hydrogens is 288 g/mol. The van der Waals surface area contributed by atoms with E-state index >= 15 is 0 Å². The number of carbonyl (C=O) groups is 3. The molecule has 6 heteroatoms. The lowest BCUT2D eigenvalue weighted by molar-refractivity contribution is -0.168. The number of hydrogen-bond acceptors (Lipinski definition) is 6. The molecule has 0 aromatic rings. The van der Waals surface area contributed by atoms with Gasteiger partial charge in [0.2, 0.25) is 0 Å². The van der Waals surface area contributed by atoms with Gasteiger partial charge >= 0.3 is 17.9 Å². The van der Waals surface area contributed by atoms with Crippen molar-refractivity contribution in [2.45, 2.75) is 45.8 Å². The van der Waals surface area contributed by atoms with E-state index in [9.17, 15) is 14.4 Å². The first kappa shape index (κ1) is 15.3. The SMILES string of the molecule is CCOC(=O)C1C2CC3C(OC(=O)C31)C2OC(=O)C(C)CC. The van der Waals surface area contributed by atoms with Crippen molar-refractivity contribution >= 4 is 17.9 Å². The predicted octanol–water partition coefficient (Wildman–Crippen LogP) is 1.31. The maximum Gasteiger partial charge on any atom is 0.310 e. The van der Waals surface area contributed by atoms with Gasteiger partial charge in [-0.25, -0.2) is 0 Å². The van der Waals surface area contributed by atoms with Crippen LogP contribution >= 0.6 is 0 Å². The van der Waals surface area contributed by atoms with Gasteiger partial charge in [0.1, 0.15) is 12.2 Å². The molecule has 1 heterocycles. The fourth-order valence-electron chi connectivity index (χ4n) is 4.12. The van der Waals surface area contributed by atoms with E-state index in [1.807, 2.05) is 13.8 Å². The van der Waals surface area contributed by atoms with Gasteiger partial charge in [-0.05, 0) is 19.8 Å². The van der Waals surface area contributed by atoms with Crippen LogP contribution < -0.4 is 0 Å². The molecule has 2 bridgehead atoms. The van der Waals surface area contributed by atoms with E-state index in [-0.39, 0.29) is 48.4 Å². The van der Waals surface area contributed by atoms with Crippen LogP contribution in [0.2, 0.25) is 0 Å². The van der Waals surface area contributed by atoms with E-state index in [1.54, 1.807) is 6.92 Å². The molecule has 6 nitrogen and oxygen atoms in total. The normalized spacial score (nSPS) is 39.5. The van der Waals surface area contributed by atoms with Crippen molar-refractivity contribution in [2.24, 2.45) is 29.6 Å². The molecule has 22 heavy (non-hydrogen) atoms. The zero-order valence-corrected chi connectivity index (χ0v) is 13.1. The maximum absolute atomic E-state index is 12.2. The Morgan fingerprint density at radius 3 is 2.68 bits per heavy atom. The third-order valence-electron chi connectivity index (χ3n) is 5.37. The highest BCUT2D eigenvalue weighted by molar-refractivity contribution is 5.86. The van der Waals surface area contributed by atoms with E-state index in [0.29, 0.717) is 12.8 Å². The van der Waals surface area contributed by atoms with Crippen molar-refractivity contribution in [2.75, 3.05) is 6.61 Å². The standard InChI is InChI=1S/C16H22O6/c1-4-7(3)14(17)21-12-8-6-9-11(16(19)22-13(9)12)10(8)15(18)20-5-2/h7-13H,4-6H2,1-3H3. The fraction of sp³-hybridized carbons (Fsp3) is 0.812. The minimum atomic E-state index is -0.536. The molecule has 2 saturated carbocycles. The lowest BCUT2D eigenvalue weighted by Crippen LogP contribution is -2.44. The Balaban J connectivity index is 1.81. The molecule has 7 atom stereocenters. The Labute approximate surface area is 129 Å². The summed E-state index contributed by atoms with van der Waals surface area (Å²) in [4.78, 5) is 36.4. The highest BCUT2D eigenvalue weighted by Gasteiger charge is 2.70. The first-order valence-electron chi connectivity index (χ1n) is 8.07. The van der Waals surface area contributed by atoms with E-state index in [4.69, 9.17) is 14.2 Å². The lowest BCUT2D eigenvalue weighted by atomic mass is 9.78. The van der Waals surface area contributed by atoms with Gasteiger partial charge in [-0.15, -0.1) is 0 Å². The van der Waals surface area contributed by atoms with Gasteiger partial charge in [-0.2, -0.15) is 0 Å². The predicted molar refractivity (Wildman–Crippen MR) is 74.4 cm³/mol. The molecule has 7 unspecified atom stereocenters. The molecule has 0 aromatic heterocycles. The van der Waals surface area contributed by atoms with Crippen molar-refractivity contribution in [1.29, 1.82) is 0 Å². The van der Waals surface area contributed by atoms with Gasteiger partial charge in [-0.3, -0.25) is 14.4 Å². The van der Waals surface area contributed by atoms with Crippen LogP contribution in [-0.4, -0.2) is 36.7 Å². The third kappa shape index (κ3) is 2.11. The Hall–Kier alpha value is -1.59. The summed E-state index contributed by atoms with van der Waals surface area (Å²) in [5.41, 5.74) is 0. The Morgan fingerprint density at radius 2 is 2.05 bits per heavy atom. The summed E-state index contributed by atoms with van der Waals surface area (Å²) in [5, 5.41) is 0. The van der Waals surface area contributed by atoms with Crippen molar-refractivity contribution in [3.8, 4) is 0 Å². The summed E-state index contributed by atoms with van der Waals surface area (Å²) in [5.74, 6) is -2.37. The molecule has 0 aromatic carbocycles. The molecular formula is C16H22O6. The smallest absolute Gasteiger partial charge is 0.310 e. The summed E-state index contributed by atoms with van der Waals surface area (Å²) in [6.07, 6.45) is 0.474. The number of hydrogen-bond donors (Lipinski definition) is 0.